The number of nitrogens with two attached hydrogens (primary N) is 1. The molecule has 1 aliphatic rings. The first-order chi connectivity index (χ1) is 7.13. The SMILES string of the molecule is CN(C)C1CCN(CC(C)(C)C(C)(C)N)C1. The minimum absolute atomic E-state index is 0.122. The van der Waals surface area contributed by atoms with E-state index < -0.39 is 0 Å². The van der Waals surface area contributed by atoms with Crippen molar-refractivity contribution in [3.05, 3.63) is 0 Å². The lowest BCUT2D eigenvalue weighted by Crippen LogP contribution is -2.52. The smallest absolute Gasteiger partial charge is 0.0229 e. The van der Waals surface area contributed by atoms with Crippen LogP contribution in [0.15, 0.2) is 0 Å². The molecule has 0 amide bonds. The van der Waals surface area contributed by atoms with Gasteiger partial charge in [-0.15, -0.1) is 0 Å². The van der Waals surface area contributed by atoms with Crippen molar-refractivity contribution in [2.75, 3.05) is 33.7 Å². The first-order valence-electron chi connectivity index (χ1n) is 6.31. The molecule has 96 valence electrons. The van der Waals surface area contributed by atoms with E-state index >= 15 is 0 Å². The maximum atomic E-state index is 6.25. The highest BCUT2D eigenvalue weighted by Crippen LogP contribution is 2.30. The van der Waals surface area contributed by atoms with E-state index in [9.17, 15) is 0 Å². The zero-order valence-corrected chi connectivity index (χ0v) is 11.9. The number of hydrogen-bond donors (Lipinski definition) is 1. The van der Waals surface area contributed by atoms with Gasteiger partial charge < -0.3 is 15.5 Å². The van der Waals surface area contributed by atoms with Gasteiger partial charge in [0.15, 0.2) is 0 Å². The molecule has 3 nitrogen and oxygen atoms in total. The largest absolute Gasteiger partial charge is 0.325 e. The Balaban J connectivity index is 2.51. The molecule has 0 saturated carbocycles. The topological polar surface area (TPSA) is 32.5 Å². The highest BCUT2D eigenvalue weighted by atomic mass is 15.2. The molecule has 0 aliphatic carbocycles. The van der Waals surface area contributed by atoms with Gasteiger partial charge >= 0.3 is 0 Å². The fourth-order valence-corrected chi connectivity index (χ4v) is 2.14. The summed E-state index contributed by atoms with van der Waals surface area (Å²) in [5.74, 6) is 0. The van der Waals surface area contributed by atoms with Gasteiger partial charge in [-0.05, 0) is 46.3 Å². The van der Waals surface area contributed by atoms with Crippen LogP contribution in [-0.4, -0.2) is 55.1 Å². The molecule has 0 spiro atoms. The van der Waals surface area contributed by atoms with Crippen LogP contribution in [0.1, 0.15) is 34.1 Å². The average Bonchev–Trinajstić information content (AvgIpc) is 2.49. The molecular formula is C13H29N3. The minimum atomic E-state index is -0.122. The lowest BCUT2D eigenvalue weighted by atomic mass is 9.75. The molecule has 0 aromatic rings. The van der Waals surface area contributed by atoms with E-state index in [1.807, 2.05) is 0 Å². The van der Waals surface area contributed by atoms with Gasteiger partial charge in [-0.3, -0.25) is 0 Å². The molecule has 16 heavy (non-hydrogen) atoms. The van der Waals surface area contributed by atoms with Crippen LogP contribution in [-0.2, 0) is 0 Å². The highest BCUT2D eigenvalue weighted by molar-refractivity contribution is 4.94. The zero-order valence-electron chi connectivity index (χ0n) is 11.9. The number of likely N-dealkylation sites (N-methyl/N-ethyl adjacent to an activating group) is 1. The van der Waals surface area contributed by atoms with Gasteiger partial charge in [0.05, 0.1) is 0 Å². The Morgan fingerprint density at radius 1 is 1.25 bits per heavy atom. The summed E-state index contributed by atoms with van der Waals surface area (Å²) in [5.41, 5.74) is 6.29. The third-order valence-corrected chi connectivity index (χ3v) is 4.34. The van der Waals surface area contributed by atoms with E-state index in [0.29, 0.717) is 0 Å². The van der Waals surface area contributed by atoms with Crippen LogP contribution in [0.3, 0.4) is 0 Å². The van der Waals surface area contributed by atoms with Crippen LogP contribution < -0.4 is 5.73 Å². The summed E-state index contributed by atoms with van der Waals surface area (Å²) >= 11 is 0. The molecule has 1 heterocycles. The van der Waals surface area contributed by atoms with Gasteiger partial charge in [-0.1, -0.05) is 13.8 Å². The molecular weight excluding hydrogens is 198 g/mol. The number of likely N-dealkylation sites (tertiary alicyclic amines) is 1. The first-order valence-corrected chi connectivity index (χ1v) is 6.31. The number of nitrogens with zero attached hydrogens (tertiary/aromatic N) is 2. The Morgan fingerprint density at radius 3 is 2.19 bits per heavy atom. The molecule has 1 unspecified atom stereocenters. The van der Waals surface area contributed by atoms with Gasteiger partial charge in [-0.2, -0.15) is 0 Å². The van der Waals surface area contributed by atoms with Crippen molar-refractivity contribution < 1.29 is 0 Å². The summed E-state index contributed by atoms with van der Waals surface area (Å²) in [6, 6.07) is 0.719. The Labute approximate surface area is 101 Å². The molecule has 1 rings (SSSR count). The predicted octanol–water partition coefficient (Wildman–Crippen LogP) is 1.39. The van der Waals surface area contributed by atoms with E-state index in [2.05, 4.69) is 51.6 Å². The van der Waals surface area contributed by atoms with Crippen molar-refractivity contribution >= 4 is 0 Å². The monoisotopic (exact) mass is 227 g/mol. The maximum Gasteiger partial charge on any atom is 0.0229 e. The second-order valence-corrected chi connectivity index (χ2v) is 6.75. The number of hydrogen-bond acceptors (Lipinski definition) is 3. The molecule has 0 aromatic carbocycles. The van der Waals surface area contributed by atoms with Gasteiger partial charge in [0.25, 0.3) is 0 Å². The van der Waals surface area contributed by atoms with E-state index in [1.165, 1.54) is 19.5 Å². The van der Waals surface area contributed by atoms with Gasteiger partial charge in [0.2, 0.25) is 0 Å². The fourth-order valence-electron chi connectivity index (χ4n) is 2.14. The third kappa shape index (κ3) is 3.19. The molecule has 0 bridgehead atoms. The quantitative estimate of drug-likeness (QED) is 0.788. The zero-order chi connectivity index (χ0) is 12.6. The summed E-state index contributed by atoms with van der Waals surface area (Å²) in [6.07, 6.45) is 1.29. The van der Waals surface area contributed by atoms with Crippen molar-refractivity contribution in [3.63, 3.8) is 0 Å². The van der Waals surface area contributed by atoms with Crippen LogP contribution in [0.5, 0.6) is 0 Å². The summed E-state index contributed by atoms with van der Waals surface area (Å²) in [7, 11) is 4.35. The standard InChI is InChI=1S/C13H29N3/c1-12(2,13(3,4)14)10-16-8-7-11(9-16)15(5)6/h11H,7-10,14H2,1-6H3. The van der Waals surface area contributed by atoms with E-state index in [-0.39, 0.29) is 11.0 Å². The molecule has 1 fully saturated rings. The summed E-state index contributed by atoms with van der Waals surface area (Å²) in [6.45, 7) is 12.3. The van der Waals surface area contributed by atoms with Crippen LogP contribution in [0, 0.1) is 5.41 Å². The maximum absolute atomic E-state index is 6.25. The summed E-state index contributed by atoms with van der Waals surface area (Å²) < 4.78 is 0. The number of rotatable bonds is 4. The Hall–Kier alpha value is -0.120. The van der Waals surface area contributed by atoms with E-state index in [0.717, 1.165) is 12.6 Å². The fraction of sp³-hybridized carbons (Fsp3) is 1.00. The van der Waals surface area contributed by atoms with Crippen LogP contribution >= 0.6 is 0 Å². The van der Waals surface area contributed by atoms with Crippen LogP contribution in [0.2, 0.25) is 0 Å². The normalized spacial score (nSPS) is 24.4. The van der Waals surface area contributed by atoms with Crippen LogP contribution in [0.4, 0.5) is 0 Å². The van der Waals surface area contributed by atoms with Gasteiger partial charge in [0, 0.05) is 24.7 Å². The summed E-state index contributed by atoms with van der Waals surface area (Å²) in [5, 5.41) is 0. The van der Waals surface area contributed by atoms with Crippen molar-refractivity contribution in [3.8, 4) is 0 Å². The minimum Gasteiger partial charge on any atom is -0.325 e. The lowest BCUT2D eigenvalue weighted by molar-refractivity contribution is 0.124. The third-order valence-electron chi connectivity index (χ3n) is 4.34. The molecule has 2 N–H and O–H groups in total. The Bertz CT molecular complexity index is 228. The van der Waals surface area contributed by atoms with Gasteiger partial charge in [0.1, 0.15) is 0 Å². The molecule has 1 aliphatic heterocycles. The van der Waals surface area contributed by atoms with E-state index in [1.54, 1.807) is 0 Å². The van der Waals surface area contributed by atoms with Crippen molar-refractivity contribution in [2.24, 2.45) is 11.1 Å². The van der Waals surface area contributed by atoms with E-state index in [4.69, 9.17) is 5.73 Å². The second kappa shape index (κ2) is 4.63. The average molecular weight is 227 g/mol. The molecule has 0 radical (unpaired) electrons. The Morgan fingerprint density at radius 2 is 1.81 bits per heavy atom. The molecule has 0 aromatic heterocycles. The Kier molecular flexibility index (Phi) is 4.04. The van der Waals surface area contributed by atoms with Crippen LogP contribution in [0.25, 0.3) is 0 Å². The molecule has 3 heteroatoms. The second-order valence-electron chi connectivity index (χ2n) is 6.75. The predicted molar refractivity (Wildman–Crippen MR) is 70.6 cm³/mol. The van der Waals surface area contributed by atoms with Gasteiger partial charge in [-0.25, -0.2) is 0 Å². The van der Waals surface area contributed by atoms with Crippen molar-refractivity contribution in [2.45, 2.75) is 45.7 Å². The highest BCUT2D eigenvalue weighted by Gasteiger charge is 2.37. The molecule has 1 saturated heterocycles. The van der Waals surface area contributed by atoms with Crippen molar-refractivity contribution in [1.82, 2.24) is 9.80 Å². The summed E-state index contributed by atoms with van der Waals surface area (Å²) in [4.78, 5) is 4.89. The molecule has 1 atom stereocenters. The first kappa shape index (κ1) is 13.9. The lowest BCUT2D eigenvalue weighted by Gasteiger charge is -2.41. The van der Waals surface area contributed by atoms with Crippen molar-refractivity contribution in [1.29, 1.82) is 0 Å².